The Morgan fingerprint density at radius 3 is 2.72 bits per heavy atom. The molecule has 0 unspecified atom stereocenters. The number of aryl methyl sites for hydroxylation is 1. The lowest BCUT2D eigenvalue weighted by molar-refractivity contribution is 0.00101. The second-order valence-corrected chi connectivity index (χ2v) is 7.34. The van der Waals surface area contributed by atoms with Gasteiger partial charge in [0.05, 0.1) is 18.3 Å². The van der Waals surface area contributed by atoms with Crippen LogP contribution >= 0.6 is 0 Å². The van der Waals surface area contributed by atoms with Crippen molar-refractivity contribution in [3.63, 3.8) is 0 Å². The molecule has 0 spiro atoms. The van der Waals surface area contributed by atoms with Crippen molar-refractivity contribution in [2.45, 2.75) is 58.1 Å². The quantitative estimate of drug-likeness (QED) is 0.658. The molecule has 1 N–H and O–H groups in total. The Kier molecular flexibility index (Phi) is 6.68. The van der Waals surface area contributed by atoms with Gasteiger partial charge in [-0.25, -0.2) is 0 Å². The van der Waals surface area contributed by atoms with Crippen molar-refractivity contribution in [2.24, 2.45) is 10.9 Å². The summed E-state index contributed by atoms with van der Waals surface area (Å²) in [5.41, 5.74) is 2.29. The van der Waals surface area contributed by atoms with Gasteiger partial charge in [-0.15, -0.1) is 0 Å². The molecule has 1 aromatic heterocycles. The van der Waals surface area contributed by atoms with E-state index in [-0.39, 0.29) is 0 Å². The summed E-state index contributed by atoms with van der Waals surface area (Å²) in [5.74, 6) is 1.79. The van der Waals surface area contributed by atoms with E-state index in [1.165, 1.54) is 31.2 Å². The van der Waals surface area contributed by atoms with Crippen molar-refractivity contribution >= 4 is 5.96 Å². The summed E-state index contributed by atoms with van der Waals surface area (Å²) in [4.78, 5) is 11.2. The summed E-state index contributed by atoms with van der Waals surface area (Å²) in [6, 6.07) is 4.07. The second kappa shape index (κ2) is 9.18. The van der Waals surface area contributed by atoms with Crippen LogP contribution in [0.15, 0.2) is 23.3 Å². The Morgan fingerprint density at radius 1 is 1.28 bits per heavy atom. The molecule has 5 nitrogen and oxygen atoms in total. The first-order valence-corrected chi connectivity index (χ1v) is 9.74. The van der Waals surface area contributed by atoms with Gasteiger partial charge in [-0.1, -0.05) is 18.9 Å². The molecule has 138 valence electrons. The summed E-state index contributed by atoms with van der Waals surface area (Å²) in [6.07, 6.45) is 9.97. The van der Waals surface area contributed by atoms with E-state index in [4.69, 9.17) is 4.74 Å². The fraction of sp³-hybridized carbons (Fsp3) is 0.700. The van der Waals surface area contributed by atoms with E-state index in [0.29, 0.717) is 6.10 Å². The van der Waals surface area contributed by atoms with Gasteiger partial charge in [0, 0.05) is 32.9 Å². The number of nitrogens with zero attached hydrogens (tertiary/aromatic N) is 3. The van der Waals surface area contributed by atoms with Gasteiger partial charge in [-0.05, 0) is 50.2 Å². The van der Waals surface area contributed by atoms with E-state index < -0.39 is 0 Å². The molecule has 0 radical (unpaired) electrons. The van der Waals surface area contributed by atoms with Gasteiger partial charge in [0.2, 0.25) is 0 Å². The highest BCUT2D eigenvalue weighted by Gasteiger charge is 2.23. The maximum Gasteiger partial charge on any atom is 0.193 e. The van der Waals surface area contributed by atoms with Crippen LogP contribution in [-0.4, -0.2) is 48.7 Å². The number of piperidine rings is 1. The fourth-order valence-electron chi connectivity index (χ4n) is 3.88. The first-order chi connectivity index (χ1) is 12.3. The Morgan fingerprint density at radius 2 is 2.04 bits per heavy atom. The van der Waals surface area contributed by atoms with Gasteiger partial charge in [0.1, 0.15) is 0 Å². The molecule has 1 saturated carbocycles. The standard InChI is InChI=1S/C20H32N4O/c1-16-6-5-11-22-19(16)14-23-20(21-2)24-12-9-18(10-13-24)25-15-17-7-3-4-8-17/h5-6,11,17-18H,3-4,7-10,12-15H2,1-2H3,(H,21,23). The van der Waals surface area contributed by atoms with Crippen LogP contribution in [0.3, 0.4) is 0 Å². The van der Waals surface area contributed by atoms with E-state index in [0.717, 1.165) is 56.7 Å². The van der Waals surface area contributed by atoms with Crippen molar-refractivity contribution < 1.29 is 4.74 Å². The predicted octanol–water partition coefficient (Wildman–Crippen LogP) is 3.14. The lowest BCUT2D eigenvalue weighted by atomic mass is 10.1. The number of nitrogens with one attached hydrogen (secondary N) is 1. The molecule has 5 heteroatoms. The third-order valence-electron chi connectivity index (χ3n) is 5.53. The van der Waals surface area contributed by atoms with Gasteiger partial charge in [-0.2, -0.15) is 0 Å². The maximum absolute atomic E-state index is 6.18. The molecule has 2 heterocycles. The van der Waals surface area contributed by atoms with Crippen molar-refractivity contribution in [3.8, 4) is 0 Å². The average molecular weight is 345 g/mol. The Hall–Kier alpha value is -1.62. The zero-order valence-electron chi connectivity index (χ0n) is 15.7. The predicted molar refractivity (Wildman–Crippen MR) is 102 cm³/mol. The highest BCUT2D eigenvalue weighted by Crippen LogP contribution is 2.26. The largest absolute Gasteiger partial charge is 0.378 e. The Balaban J connectivity index is 1.41. The molecular formula is C20H32N4O. The molecule has 0 bridgehead atoms. The minimum absolute atomic E-state index is 0.424. The van der Waals surface area contributed by atoms with Crippen LogP contribution in [0.25, 0.3) is 0 Å². The molecule has 25 heavy (non-hydrogen) atoms. The third-order valence-corrected chi connectivity index (χ3v) is 5.53. The second-order valence-electron chi connectivity index (χ2n) is 7.34. The fourth-order valence-corrected chi connectivity index (χ4v) is 3.88. The van der Waals surface area contributed by atoms with E-state index in [1.807, 2.05) is 19.3 Å². The number of aliphatic imine (C=N–C) groups is 1. The minimum Gasteiger partial charge on any atom is -0.378 e. The first kappa shape index (κ1) is 18.2. The SMILES string of the molecule is CN=C(NCc1ncccc1C)N1CCC(OCC2CCCC2)CC1. The topological polar surface area (TPSA) is 49.8 Å². The molecule has 1 saturated heterocycles. The summed E-state index contributed by atoms with van der Waals surface area (Å²) in [7, 11) is 1.86. The smallest absolute Gasteiger partial charge is 0.193 e. The molecule has 0 aromatic carbocycles. The number of hydrogen-bond acceptors (Lipinski definition) is 3. The highest BCUT2D eigenvalue weighted by molar-refractivity contribution is 5.79. The van der Waals surface area contributed by atoms with Crippen LogP contribution in [0.4, 0.5) is 0 Å². The maximum atomic E-state index is 6.18. The molecule has 1 aromatic rings. The van der Waals surface area contributed by atoms with Gasteiger partial charge >= 0.3 is 0 Å². The molecule has 0 atom stereocenters. The summed E-state index contributed by atoms with van der Waals surface area (Å²) in [6.45, 7) is 5.81. The summed E-state index contributed by atoms with van der Waals surface area (Å²) in [5, 5.41) is 3.46. The number of likely N-dealkylation sites (tertiary alicyclic amines) is 1. The van der Waals surface area contributed by atoms with E-state index in [2.05, 4.69) is 33.2 Å². The lowest BCUT2D eigenvalue weighted by Crippen LogP contribution is -2.47. The van der Waals surface area contributed by atoms with Crippen molar-refractivity contribution in [3.05, 3.63) is 29.6 Å². The van der Waals surface area contributed by atoms with Crippen molar-refractivity contribution in [1.29, 1.82) is 0 Å². The number of aromatic nitrogens is 1. The lowest BCUT2D eigenvalue weighted by Gasteiger charge is -2.34. The monoisotopic (exact) mass is 344 g/mol. The van der Waals surface area contributed by atoms with Gasteiger partial charge in [0.15, 0.2) is 5.96 Å². The summed E-state index contributed by atoms with van der Waals surface area (Å²) >= 11 is 0. The summed E-state index contributed by atoms with van der Waals surface area (Å²) < 4.78 is 6.18. The molecule has 3 rings (SSSR count). The zero-order chi connectivity index (χ0) is 17.5. The number of hydrogen-bond donors (Lipinski definition) is 1. The Bertz CT molecular complexity index is 561. The highest BCUT2D eigenvalue weighted by atomic mass is 16.5. The Labute approximate surface area is 151 Å². The molecule has 1 aliphatic heterocycles. The molecule has 0 amide bonds. The van der Waals surface area contributed by atoms with E-state index in [1.54, 1.807) is 0 Å². The van der Waals surface area contributed by atoms with Gasteiger partial charge in [-0.3, -0.25) is 9.98 Å². The molecule has 2 fully saturated rings. The van der Waals surface area contributed by atoms with E-state index >= 15 is 0 Å². The first-order valence-electron chi connectivity index (χ1n) is 9.74. The minimum atomic E-state index is 0.424. The van der Waals surface area contributed by atoms with Gasteiger partial charge in [0.25, 0.3) is 0 Å². The van der Waals surface area contributed by atoms with Crippen molar-refractivity contribution in [2.75, 3.05) is 26.7 Å². The van der Waals surface area contributed by atoms with E-state index in [9.17, 15) is 0 Å². The van der Waals surface area contributed by atoms with Crippen LogP contribution < -0.4 is 5.32 Å². The van der Waals surface area contributed by atoms with Crippen LogP contribution in [0.5, 0.6) is 0 Å². The number of pyridine rings is 1. The van der Waals surface area contributed by atoms with Crippen LogP contribution in [0.1, 0.15) is 49.8 Å². The molecule has 1 aliphatic carbocycles. The third kappa shape index (κ3) is 5.18. The normalized spacial score (nSPS) is 20.2. The van der Waals surface area contributed by atoms with Crippen molar-refractivity contribution in [1.82, 2.24) is 15.2 Å². The number of ether oxygens (including phenoxy) is 1. The van der Waals surface area contributed by atoms with Gasteiger partial charge < -0.3 is 15.0 Å². The molecule has 2 aliphatic rings. The molecular weight excluding hydrogens is 312 g/mol. The van der Waals surface area contributed by atoms with Crippen LogP contribution in [0, 0.1) is 12.8 Å². The van der Waals surface area contributed by atoms with Crippen LogP contribution in [0.2, 0.25) is 0 Å². The zero-order valence-corrected chi connectivity index (χ0v) is 15.7. The average Bonchev–Trinajstić information content (AvgIpc) is 3.16. The number of rotatable bonds is 5. The van der Waals surface area contributed by atoms with Crippen LogP contribution in [-0.2, 0) is 11.3 Å². The number of guanidine groups is 1.